The van der Waals surface area contributed by atoms with E-state index >= 15 is 0 Å². The van der Waals surface area contributed by atoms with Crippen LogP contribution < -0.4 is 5.32 Å². The van der Waals surface area contributed by atoms with Crippen LogP contribution in [0, 0.1) is 0 Å². The van der Waals surface area contributed by atoms with E-state index in [0.717, 1.165) is 51.4 Å². The molecule has 19 heteroatoms. The Balaban J connectivity index is 1.41. The van der Waals surface area contributed by atoms with Crippen LogP contribution in [0.5, 0.6) is 0 Å². The predicted octanol–water partition coefficient (Wildman–Crippen LogP) is 8.44. The summed E-state index contributed by atoms with van der Waals surface area (Å²) in [6, 6.07) is -0.971. The smallest absolute Gasteiger partial charge is 0.220 e. The largest absolute Gasteiger partial charge is 0.394 e. The summed E-state index contributed by atoms with van der Waals surface area (Å²) in [5.41, 5.74) is 0. The van der Waals surface area contributed by atoms with E-state index < -0.39 is 124 Å². The molecule has 0 spiro atoms. The van der Waals surface area contributed by atoms with Crippen LogP contribution in [-0.2, 0) is 33.2 Å². The number of carbonyl (C=O) groups excluding carboxylic acids is 1. The Kier molecular flexibility index (Phi) is 45.2. The zero-order valence-corrected chi connectivity index (χ0v) is 53.0. The third-order valence-electron chi connectivity index (χ3n) is 17.2. The minimum atomic E-state index is -1.98. The van der Waals surface area contributed by atoms with Gasteiger partial charge in [-0.05, 0) is 51.4 Å². The Morgan fingerprint density at radius 2 is 0.767 bits per heavy atom. The Bertz CT molecular complexity index is 1710. The van der Waals surface area contributed by atoms with Gasteiger partial charge in [0, 0.05) is 6.42 Å². The van der Waals surface area contributed by atoms with Crippen LogP contribution in [0.4, 0.5) is 0 Å². The van der Waals surface area contributed by atoms with Crippen molar-refractivity contribution in [1.82, 2.24) is 5.32 Å². The first-order valence-corrected chi connectivity index (χ1v) is 34.2. The number of amides is 1. The molecule has 3 aliphatic heterocycles. The van der Waals surface area contributed by atoms with Gasteiger partial charge in [0.1, 0.15) is 73.2 Å². The number of nitrogens with one attached hydrogen (secondary N) is 1. The molecule has 3 rings (SSSR count). The van der Waals surface area contributed by atoms with Crippen molar-refractivity contribution in [2.75, 3.05) is 26.4 Å². The molecule has 0 saturated carbocycles. The lowest BCUT2D eigenvalue weighted by molar-refractivity contribution is -0.379. The monoisotopic (exact) mass is 1230 g/mol. The molecule has 17 atom stereocenters. The molecular weight excluding hydrogens is 1110 g/mol. The Morgan fingerprint density at radius 3 is 1.19 bits per heavy atom. The molecule has 12 N–H and O–H groups in total. The molecule has 504 valence electrons. The lowest BCUT2D eigenvalue weighted by Crippen LogP contribution is -2.66. The molecule has 3 saturated heterocycles. The Morgan fingerprint density at radius 1 is 0.419 bits per heavy atom. The molecule has 0 aromatic heterocycles. The molecule has 1 amide bonds. The summed E-state index contributed by atoms with van der Waals surface area (Å²) in [5, 5.41) is 120. The molecule has 3 heterocycles. The van der Waals surface area contributed by atoms with Gasteiger partial charge in [0.2, 0.25) is 5.91 Å². The number of rotatable bonds is 52. The Labute approximate surface area is 517 Å². The Hall–Kier alpha value is -1.99. The van der Waals surface area contributed by atoms with Crippen molar-refractivity contribution in [2.45, 2.75) is 356 Å². The quantitative estimate of drug-likeness (QED) is 0.0201. The second-order valence-electron chi connectivity index (χ2n) is 24.6. The van der Waals surface area contributed by atoms with Gasteiger partial charge >= 0.3 is 0 Å². The van der Waals surface area contributed by atoms with E-state index in [4.69, 9.17) is 28.4 Å². The minimum Gasteiger partial charge on any atom is -0.394 e. The number of aliphatic hydroxyl groups is 11. The number of allylic oxidation sites excluding steroid dienone is 5. The van der Waals surface area contributed by atoms with Crippen molar-refractivity contribution < 1.29 is 89.4 Å². The summed E-state index contributed by atoms with van der Waals surface area (Å²) < 4.78 is 34.3. The van der Waals surface area contributed by atoms with Gasteiger partial charge in [-0.15, -0.1) is 0 Å². The van der Waals surface area contributed by atoms with Gasteiger partial charge in [-0.2, -0.15) is 0 Å². The van der Waals surface area contributed by atoms with E-state index in [2.05, 4.69) is 43.5 Å². The number of hydrogen-bond donors (Lipinski definition) is 12. The van der Waals surface area contributed by atoms with Crippen LogP contribution in [0.15, 0.2) is 36.5 Å². The highest BCUT2D eigenvalue weighted by Gasteiger charge is 2.53. The van der Waals surface area contributed by atoms with Gasteiger partial charge in [0.25, 0.3) is 0 Å². The molecule has 86 heavy (non-hydrogen) atoms. The van der Waals surface area contributed by atoms with Crippen molar-refractivity contribution in [2.24, 2.45) is 0 Å². The number of aliphatic hydroxyl groups excluding tert-OH is 11. The topological polar surface area (TPSA) is 307 Å². The summed E-state index contributed by atoms with van der Waals surface area (Å²) in [7, 11) is 0. The normalized spacial score (nSPS) is 29.0. The van der Waals surface area contributed by atoms with Crippen LogP contribution in [-0.4, -0.2) is 193 Å². The van der Waals surface area contributed by atoms with Crippen molar-refractivity contribution in [3.05, 3.63) is 36.5 Å². The van der Waals surface area contributed by atoms with Gasteiger partial charge in [-0.3, -0.25) is 4.79 Å². The minimum absolute atomic E-state index is 0.245. The van der Waals surface area contributed by atoms with Gasteiger partial charge < -0.3 is 89.9 Å². The van der Waals surface area contributed by atoms with Gasteiger partial charge in [-0.1, -0.05) is 230 Å². The summed E-state index contributed by atoms with van der Waals surface area (Å²) in [5.74, 6) is -0.274. The van der Waals surface area contributed by atoms with Crippen molar-refractivity contribution >= 4 is 5.91 Å². The molecule has 0 aromatic rings. The van der Waals surface area contributed by atoms with Gasteiger partial charge in [0.05, 0.1) is 38.6 Å². The number of carbonyl (C=O) groups is 1. The number of hydrogen-bond acceptors (Lipinski definition) is 18. The van der Waals surface area contributed by atoms with E-state index in [0.29, 0.717) is 6.42 Å². The van der Waals surface area contributed by atoms with E-state index in [9.17, 15) is 61.0 Å². The maximum Gasteiger partial charge on any atom is 0.220 e. The second-order valence-corrected chi connectivity index (χ2v) is 24.6. The molecule has 17 unspecified atom stereocenters. The first-order valence-electron chi connectivity index (χ1n) is 34.2. The van der Waals surface area contributed by atoms with Gasteiger partial charge in [0.15, 0.2) is 18.9 Å². The highest BCUT2D eigenvalue weighted by atomic mass is 16.8. The zero-order valence-electron chi connectivity index (χ0n) is 53.0. The SMILES string of the molecule is CCCCCCC/C=C\C/C=C\CCCCCCCCCCCCCCCCCC(=O)NC(COC1OC(CO)C(OC2OC(CO)C(OC3OC(CO)C(O)C(O)C3O)C(O)C2O)C(O)C1O)C(O)/C=C/CCCCCCCCCCCCCC. The fraction of sp³-hybridized carbons (Fsp3) is 0.896. The molecule has 0 aliphatic carbocycles. The molecule has 0 bridgehead atoms. The third kappa shape index (κ3) is 31.8. The predicted molar refractivity (Wildman–Crippen MR) is 333 cm³/mol. The van der Waals surface area contributed by atoms with E-state index in [1.807, 2.05) is 6.08 Å². The van der Waals surface area contributed by atoms with Crippen molar-refractivity contribution in [1.29, 1.82) is 0 Å². The van der Waals surface area contributed by atoms with Crippen molar-refractivity contribution in [3.8, 4) is 0 Å². The standard InChI is InChI=1S/C67H123NO18/c1-3-5-7-9-11-13-15-17-19-20-21-22-23-24-25-26-27-28-29-30-31-33-35-37-39-41-43-45-55(73)68-50(51(72)44-42-40-38-36-34-32-18-16-14-12-10-8-6-4-2)49-81-65-61(79)58(76)63(53(47-70)83-65)86-67-62(80)59(77)64(54(48-71)84-67)85-66-60(78)57(75)56(74)52(46-69)82-66/h15,17,20-21,42,44,50-54,56-67,69-72,74-80H,3-14,16,18-19,22-41,43,45-49H2,1-2H3,(H,68,73)/b17-15-,21-20-,44-42+. The second kappa shape index (κ2) is 49.7. The molecule has 3 aliphatic rings. The van der Waals surface area contributed by atoms with Gasteiger partial charge in [-0.25, -0.2) is 0 Å². The summed E-state index contributed by atoms with van der Waals surface area (Å²) in [6.45, 7) is 1.73. The molecular formula is C67H123NO18. The van der Waals surface area contributed by atoms with Crippen LogP contribution in [0.3, 0.4) is 0 Å². The van der Waals surface area contributed by atoms with Crippen molar-refractivity contribution in [3.63, 3.8) is 0 Å². The van der Waals surface area contributed by atoms with Crippen LogP contribution in [0.25, 0.3) is 0 Å². The first-order chi connectivity index (χ1) is 41.8. The van der Waals surface area contributed by atoms with E-state index in [1.54, 1.807) is 6.08 Å². The average Bonchev–Trinajstić information content (AvgIpc) is 1.96. The van der Waals surface area contributed by atoms with Crippen LogP contribution in [0.2, 0.25) is 0 Å². The maximum atomic E-state index is 13.4. The molecule has 0 aromatic carbocycles. The third-order valence-corrected chi connectivity index (χ3v) is 17.2. The highest BCUT2D eigenvalue weighted by molar-refractivity contribution is 5.76. The van der Waals surface area contributed by atoms with E-state index in [1.165, 1.54) is 173 Å². The fourth-order valence-electron chi connectivity index (χ4n) is 11.6. The first kappa shape index (κ1) is 78.3. The van der Waals surface area contributed by atoms with Crippen LogP contribution >= 0.6 is 0 Å². The molecule has 19 nitrogen and oxygen atoms in total. The molecule has 3 fully saturated rings. The highest BCUT2D eigenvalue weighted by Crippen LogP contribution is 2.33. The van der Waals surface area contributed by atoms with E-state index in [-0.39, 0.29) is 18.9 Å². The van der Waals surface area contributed by atoms with Crippen LogP contribution in [0.1, 0.15) is 251 Å². The number of ether oxygens (including phenoxy) is 6. The maximum absolute atomic E-state index is 13.4. The average molecular weight is 1230 g/mol. The summed E-state index contributed by atoms with van der Waals surface area (Å²) in [6.07, 6.45) is 29.8. The summed E-state index contributed by atoms with van der Waals surface area (Å²) in [4.78, 5) is 13.4. The summed E-state index contributed by atoms with van der Waals surface area (Å²) >= 11 is 0. The lowest BCUT2D eigenvalue weighted by Gasteiger charge is -2.48. The number of unbranched alkanes of at least 4 members (excludes halogenated alkanes) is 32. The zero-order chi connectivity index (χ0) is 62.6. The lowest BCUT2D eigenvalue weighted by atomic mass is 9.96. The molecule has 0 radical (unpaired) electrons. The fourth-order valence-corrected chi connectivity index (χ4v) is 11.6.